The fourth-order valence-electron chi connectivity index (χ4n) is 3.75. The Morgan fingerprint density at radius 3 is 2.21 bits per heavy atom. The molecule has 1 amide bonds. The lowest BCUT2D eigenvalue weighted by atomic mass is 9.87. The van der Waals surface area contributed by atoms with Crippen LogP contribution in [0.3, 0.4) is 0 Å². The average Bonchev–Trinajstić information content (AvgIpc) is 3.11. The summed E-state index contributed by atoms with van der Waals surface area (Å²) in [7, 11) is 0. The number of amides is 1. The quantitative estimate of drug-likeness (QED) is 0.377. The summed E-state index contributed by atoms with van der Waals surface area (Å²) in [6, 6.07) is 20.3. The molecule has 0 atom stereocenters. The van der Waals surface area contributed by atoms with E-state index in [1.165, 1.54) is 18.2 Å². The highest BCUT2D eigenvalue weighted by atomic mass is 19.4. The van der Waals surface area contributed by atoms with Crippen LogP contribution in [-0.2, 0) is 22.9 Å². The molecule has 1 heterocycles. The second-order valence-corrected chi connectivity index (χ2v) is 8.93. The Balaban J connectivity index is 1.69. The maximum Gasteiger partial charge on any atom is 0.418 e. The molecule has 3 aromatic carbocycles. The minimum absolute atomic E-state index is 0.00950. The number of benzene rings is 3. The predicted octanol–water partition coefficient (Wildman–Crippen LogP) is 6.66. The van der Waals surface area contributed by atoms with E-state index in [-0.39, 0.29) is 17.6 Å². The maximum atomic E-state index is 13.3. The van der Waals surface area contributed by atoms with Crippen molar-refractivity contribution >= 4 is 22.6 Å². The smallest absolute Gasteiger partial charge is 0.324 e. The van der Waals surface area contributed by atoms with Gasteiger partial charge in [-0.2, -0.15) is 13.2 Å². The van der Waals surface area contributed by atoms with E-state index in [0.29, 0.717) is 11.3 Å². The third-order valence-corrected chi connectivity index (χ3v) is 5.47. The van der Waals surface area contributed by atoms with Crippen LogP contribution < -0.4 is 5.32 Å². The second-order valence-electron chi connectivity index (χ2n) is 8.93. The topological polar surface area (TPSA) is 46.9 Å². The van der Waals surface area contributed by atoms with Crippen molar-refractivity contribution in [3.05, 3.63) is 83.9 Å². The van der Waals surface area contributed by atoms with Crippen molar-refractivity contribution in [1.82, 2.24) is 9.55 Å². The van der Waals surface area contributed by atoms with Gasteiger partial charge in [-0.3, -0.25) is 4.79 Å². The van der Waals surface area contributed by atoms with Crippen molar-refractivity contribution in [2.45, 2.75) is 38.9 Å². The van der Waals surface area contributed by atoms with Gasteiger partial charge in [0.05, 0.1) is 22.3 Å². The van der Waals surface area contributed by atoms with Gasteiger partial charge in [-0.1, -0.05) is 69.3 Å². The van der Waals surface area contributed by atoms with E-state index >= 15 is 0 Å². The third-order valence-electron chi connectivity index (χ3n) is 5.47. The molecule has 0 aliphatic carbocycles. The number of hydrogen-bond donors (Lipinski definition) is 1. The molecule has 0 spiro atoms. The van der Waals surface area contributed by atoms with E-state index in [0.717, 1.165) is 22.7 Å². The Hall–Kier alpha value is -3.61. The number of nitrogens with one attached hydrogen (secondary N) is 1. The molecule has 0 radical (unpaired) electrons. The van der Waals surface area contributed by atoms with E-state index < -0.39 is 17.6 Å². The number of hydrogen-bond acceptors (Lipinski definition) is 2. The van der Waals surface area contributed by atoms with Gasteiger partial charge < -0.3 is 9.88 Å². The van der Waals surface area contributed by atoms with Crippen molar-refractivity contribution in [3.8, 4) is 11.4 Å². The first-order valence-electron chi connectivity index (χ1n) is 10.6. The summed E-state index contributed by atoms with van der Waals surface area (Å²) in [4.78, 5) is 17.5. The lowest BCUT2D eigenvalue weighted by Crippen LogP contribution is -2.21. The van der Waals surface area contributed by atoms with Gasteiger partial charge in [0.1, 0.15) is 12.4 Å². The van der Waals surface area contributed by atoms with Crippen LogP contribution in [0.5, 0.6) is 0 Å². The number of nitrogens with zero attached hydrogens (tertiary/aromatic N) is 2. The number of para-hydroxylation sites is 3. The number of anilines is 1. The molecule has 0 aliphatic rings. The summed E-state index contributed by atoms with van der Waals surface area (Å²) in [5.74, 6) is 0.0123. The molecule has 0 bridgehead atoms. The summed E-state index contributed by atoms with van der Waals surface area (Å²) in [5, 5.41) is 2.42. The molecular weight excluding hydrogens is 427 g/mol. The predicted molar refractivity (Wildman–Crippen MR) is 124 cm³/mol. The first-order chi connectivity index (χ1) is 15.5. The maximum absolute atomic E-state index is 13.3. The van der Waals surface area contributed by atoms with Crippen LogP contribution >= 0.6 is 0 Å². The molecule has 0 saturated carbocycles. The Bertz CT molecular complexity index is 1300. The first-order valence-corrected chi connectivity index (χ1v) is 10.6. The zero-order valence-corrected chi connectivity index (χ0v) is 18.6. The van der Waals surface area contributed by atoms with E-state index in [2.05, 4.69) is 26.1 Å². The van der Waals surface area contributed by atoms with Crippen LogP contribution in [0.15, 0.2) is 72.8 Å². The number of carbonyl (C=O) groups is 1. The number of imidazole rings is 1. The normalized spacial score (nSPS) is 12.2. The van der Waals surface area contributed by atoms with E-state index in [9.17, 15) is 18.0 Å². The average molecular weight is 451 g/mol. The first kappa shape index (κ1) is 22.6. The Labute approximate surface area is 190 Å². The summed E-state index contributed by atoms with van der Waals surface area (Å²) in [5.41, 5.74) is 2.26. The highest BCUT2D eigenvalue weighted by Crippen LogP contribution is 2.35. The van der Waals surface area contributed by atoms with Crippen LogP contribution in [0.4, 0.5) is 18.9 Å². The van der Waals surface area contributed by atoms with Gasteiger partial charge in [0.25, 0.3) is 0 Å². The Morgan fingerprint density at radius 1 is 0.909 bits per heavy atom. The van der Waals surface area contributed by atoms with Crippen LogP contribution in [0.1, 0.15) is 31.9 Å². The Kier molecular flexibility index (Phi) is 5.74. The molecule has 0 saturated heterocycles. The molecule has 0 aliphatic heterocycles. The van der Waals surface area contributed by atoms with Gasteiger partial charge in [0, 0.05) is 5.56 Å². The van der Waals surface area contributed by atoms with Gasteiger partial charge in [-0.05, 0) is 35.2 Å². The van der Waals surface area contributed by atoms with E-state index in [1.54, 1.807) is 4.57 Å². The zero-order valence-electron chi connectivity index (χ0n) is 18.6. The number of halogens is 3. The summed E-state index contributed by atoms with van der Waals surface area (Å²) >= 11 is 0. The number of aromatic nitrogens is 2. The van der Waals surface area contributed by atoms with Crippen LogP contribution in [-0.4, -0.2) is 15.5 Å². The Morgan fingerprint density at radius 2 is 1.55 bits per heavy atom. The highest BCUT2D eigenvalue weighted by molar-refractivity contribution is 5.93. The van der Waals surface area contributed by atoms with Crippen molar-refractivity contribution < 1.29 is 18.0 Å². The van der Waals surface area contributed by atoms with Gasteiger partial charge in [0.15, 0.2) is 0 Å². The molecule has 0 unspecified atom stereocenters. The fraction of sp³-hybridized carbons (Fsp3) is 0.231. The summed E-state index contributed by atoms with van der Waals surface area (Å²) in [6.45, 7) is 6.20. The van der Waals surface area contributed by atoms with Crippen molar-refractivity contribution in [2.24, 2.45) is 0 Å². The number of carbonyl (C=O) groups excluding carboxylic acids is 1. The van der Waals surface area contributed by atoms with Gasteiger partial charge in [0.2, 0.25) is 5.91 Å². The molecule has 33 heavy (non-hydrogen) atoms. The second kappa shape index (κ2) is 8.39. The lowest BCUT2D eigenvalue weighted by Gasteiger charge is -2.19. The minimum atomic E-state index is -4.56. The molecule has 1 N–H and O–H groups in total. The standard InChI is InChI=1S/C26H24F3N3O/c1-25(2,3)18-14-12-17(13-15-18)24-31-21-10-6-7-11-22(21)32(24)16-23(33)30-20-9-5-4-8-19(20)26(27,28)29/h4-15H,16H2,1-3H3,(H,30,33). The number of alkyl halides is 3. The van der Waals surface area contributed by atoms with Crippen LogP contribution in [0.2, 0.25) is 0 Å². The fourth-order valence-corrected chi connectivity index (χ4v) is 3.75. The van der Waals surface area contributed by atoms with Crippen LogP contribution in [0.25, 0.3) is 22.4 Å². The van der Waals surface area contributed by atoms with Crippen molar-refractivity contribution in [3.63, 3.8) is 0 Å². The van der Waals surface area contributed by atoms with Gasteiger partial charge >= 0.3 is 6.18 Å². The number of fused-ring (bicyclic) bond motifs is 1. The van der Waals surface area contributed by atoms with Crippen molar-refractivity contribution in [1.29, 1.82) is 0 Å². The highest BCUT2D eigenvalue weighted by Gasteiger charge is 2.33. The lowest BCUT2D eigenvalue weighted by molar-refractivity contribution is -0.137. The molecule has 7 heteroatoms. The molecule has 0 fully saturated rings. The molecule has 4 nitrogen and oxygen atoms in total. The third kappa shape index (κ3) is 4.77. The van der Waals surface area contributed by atoms with Crippen LogP contribution in [0, 0.1) is 0 Å². The largest absolute Gasteiger partial charge is 0.418 e. The van der Waals surface area contributed by atoms with Crippen molar-refractivity contribution in [2.75, 3.05) is 5.32 Å². The van der Waals surface area contributed by atoms with E-state index in [4.69, 9.17) is 4.98 Å². The SMILES string of the molecule is CC(C)(C)c1ccc(-c2nc3ccccc3n2CC(=O)Nc2ccccc2C(F)(F)F)cc1. The van der Waals surface area contributed by atoms with Gasteiger partial charge in [-0.15, -0.1) is 0 Å². The zero-order chi connectivity index (χ0) is 23.8. The monoisotopic (exact) mass is 451 g/mol. The molecule has 170 valence electrons. The van der Waals surface area contributed by atoms with Gasteiger partial charge in [-0.25, -0.2) is 4.98 Å². The molecular formula is C26H24F3N3O. The molecule has 1 aromatic heterocycles. The summed E-state index contributed by atoms with van der Waals surface area (Å²) < 4.78 is 41.7. The summed E-state index contributed by atoms with van der Waals surface area (Å²) in [6.07, 6.45) is -4.56. The minimum Gasteiger partial charge on any atom is -0.324 e. The van der Waals surface area contributed by atoms with E-state index in [1.807, 2.05) is 48.5 Å². The molecule has 4 aromatic rings. The molecule has 4 rings (SSSR count). The number of rotatable bonds is 4.